The minimum absolute atomic E-state index is 0.112. The predicted octanol–water partition coefficient (Wildman–Crippen LogP) is 0.294. The highest BCUT2D eigenvalue weighted by Crippen LogP contribution is 2.24. The number of nitrogens with zero attached hydrogens (tertiary/aromatic N) is 4. The van der Waals surface area contributed by atoms with Gasteiger partial charge < -0.3 is 19.5 Å². The van der Waals surface area contributed by atoms with E-state index in [1.54, 1.807) is 47.4 Å². The molecule has 0 bridgehead atoms. The van der Waals surface area contributed by atoms with E-state index in [-0.39, 0.29) is 18.1 Å². The second-order valence-electron chi connectivity index (χ2n) is 5.01. The Bertz CT molecular complexity index is 716. The topological polar surface area (TPSA) is 100 Å². The van der Waals surface area contributed by atoms with Crippen LogP contribution in [-0.2, 0) is 14.2 Å². The molecule has 0 unspecified atom stereocenters. The van der Waals surface area contributed by atoms with Crippen molar-refractivity contribution in [1.82, 2.24) is 25.3 Å². The average molecular weight is 331 g/mol. The van der Waals surface area contributed by atoms with Crippen LogP contribution in [0.3, 0.4) is 0 Å². The highest BCUT2D eigenvalue weighted by Gasteiger charge is 2.36. The SMILES string of the molecule is CO[C@@H]1C=C[C@@](CNC(=O)c2ccc(-n3cccn3)nn2)(OC)O1. The number of ether oxygens (including phenoxy) is 3. The molecule has 0 aromatic carbocycles. The van der Waals surface area contributed by atoms with E-state index in [1.807, 2.05) is 0 Å². The lowest BCUT2D eigenvalue weighted by Gasteiger charge is -2.27. The van der Waals surface area contributed by atoms with Crippen molar-refractivity contribution < 1.29 is 19.0 Å². The Balaban J connectivity index is 1.62. The molecular weight excluding hydrogens is 314 g/mol. The number of carbonyl (C=O) groups excluding carboxylic acids is 1. The van der Waals surface area contributed by atoms with Crippen molar-refractivity contribution in [2.24, 2.45) is 0 Å². The van der Waals surface area contributed by atoms with Gasteiger partial charge in [-0.3, -0.25) is 4.79 Å². The highest BCUT2D eigenvalue weighted by molar-refractivity contribution is 5.92. The number of hydrogen-bond donors (Lipinski definition) is 1. The summed E-state index contributed by atoms with van der Waals surface area (Å²) in [7, 11) is 3.02. The summed E-state index contributed by atoms with van der Waals surface area (Å²) in [6.45, 7) is 0.112. The van der Waals surface area contributed by atoms with Crippen LogP contribution in [0.25, 0.3) is 5.82 Å². The van der Waals surface area contributed by atoms with Crippen LogP contribution in [0.2, 0.25) is 0 Å². The van der Waals surface area contributed by atoms with Gasteiger partial charge in [-0.2, -0.15) is 5.10 Å². The molecule has 126 valence electrons. The molecule has 0 saturated carbocycles. The molecule has 1 aliphatic rings. The van der Waals surface area contributed by atoms with Crippen molar-refractivity contribution in [2.45, 2.75) is 12.1 Å². The van der Waals surface area contributed by atoms with Gasteiger partial charge in [0.05, 0.1) is 6.54 Å². The number of methoxy groups -OCH3 is 2. The summed E-state index contributed by atoms with van der Waals surface area (Å²) in [5.41, 5.74) is 0.183. The van der Waals surface area contributed by atoms with E-state index in [0.29, 0.717) is 5.82 Å². The lowest BCUT2D eigenvalue weighted by Crippen LogP contribution is -2.44. The van der Waals surface area contributed by atoms with Gasteiger partial charge in [0.15, 0.2) is 17.8 Å². The molecule has 0 fully saturated rings. The van der Waals surface area contributed by atoms with Crippen molar-refractivity contribution in [3.05, 3.63) is 48.4 Å². The summed E-state index contributed by atoms with van der Waals surface area (Å²) in [6.07, 6.45) is 6.29. The molecule has 0 radical (unpaired) electrons. The summed E-state index contributed by atoms with van der Waals surface area (Å²) in [5.74, 6) is -0.919. The van der Waals surface area contributed by atoms with Crippen LogP contribution in [0.5, 0.6) is 0 Å². The zero-order valence-electron chi connectivity index (χ0n) is 13.2. The van der Waals surface area contributed by atoms with Gasteiger partial charge in [-0.15, -0.1) is 10.2 Å². The Morgan fingerprint density at radius 1 is 1.42 bits per heavy atom. The van der Waals surface area contributed by atoms with Crippen LogP contribution in [0, 0.1) is 0 Å². The number of hydrogen-bond acceptors (Lipinski definition) is 7. The first-order chi connectivity index (χ1) is 11.7. The van der Waals surface area contributed by atoms with Gasteiger partial charge in [0.2, 0.25) is 5.79 Å². The minimum atomic E-state index is -1.06. The van der Waals surface area contributed by atoms with Gasteiger partial charge in [-0.1, -0.05) is 0 Å². The Morgan fingerprint density at radius 2 is 2.29 bits per heavy atom. The van der Waals surface area contributed by atoms with E-state index >= 15 is 0 Å². The molecule has 9 nitrogen and oxygen atoms in total. The van der Waals surface area contributed by atoms with Crippen LogP contribution in [0.4, 0.5) is 0 Å². The van der Waals surface area contributed by atoms with Gasteiger partial charge in [0, 0.05) is 26.6 Å². The molecule has 24 heavy (non-hydrogen) atoms. The van der Waals surface area contributed by atoms with Crippen LogP contribution in [0.15, 0.2) is 42.7 Å². The predicted molar refractivity (Wildman–Crippen MR) is 82.2 cm³/mol. The zero-order valence-corrected chi connectivity index (χ0v) is 13.2. The minimum Gasteiger partial charge on any atom is -0.352 e. The summed E-state index contributed by atoms with van der Waals surface area (Å²) < 4.78 is 17.5. The largest absolute Gasteiger partial charge is 0.352 e. The molecule has 2 atom stereocenters. The maximum atomic E-state index is 12.2. The van der Waals surface area contributed by atoms with Gasteiger partial charge in [0.25, 0.3) is 5.91 Å². The first-order valence-corrected chi connectivity index (χ1v) is 7.23. The standard InChI is InChI=1S/C15H17N5O4/c1-22-13-6-7-15(23-2,24-13)10-16-14(21)11-4-5-12(19-18-11)20-9-3-8-17-20/h3-9,13H,10H2,1-2H3,(H,16,21)/t13-,15+/m0/s1. The molecule has 1 aliphatic heterocycles. The maximum absolute atomic E-state index is 12.2. The molecule has 3 heterocycles. The number of amides is 1. The molecule has 1 amide bonds. The lowest BCUT2D eigenvalue weighted by molar-refractivity contribution is -0.238. The van der Waals surface area contributed by atoms with E-state index in [0.717, 1.165) is 0 Å². The van der Waals surface area contributed by atoms with Gasteiger partial charge in [-0.25, -0.2) is 4.68 Å². The average Bonchev–Trinajstić information content (AvgIpc) is 3.30. The lowest BCUT2D eigenvalue weighted by atomic mass is 10.2. The Morgan fingerprint density at radius 3 is 2.88 bits per heavy atom. The normalized spacial score (nSPS) is 22.7. The molecule has 0 saturated heterocycles. The second-order valence-corrected chi connectivity index (χ2v) is 5.01. The fourth-order valence-corrected chi connectivity index (χ4v) is 2.18. The van der Waals surface area contributed by atoms with E-state index in [2.05, 4.69) is 20.6 Å². The van der Waals surface area contributed by atoms with Crippen LogP contribution >= 0.6 is 0 Å². The molecule has 0 aliphatic carbocycles. The van der Waals surface area contributed by atoms with Gasteiger partial charge in [0.1, 0.15) is 0 Å². The molecule has 2 aromatic heterocycles. The second kappa shape index (κ2) is 6.87. The number of nitrogens with one attached hydrogen (secondary N) is 1. The van der Waals surface area contributed by atoms with Crippen molar-refractivity contribution in [1.29, 1.82) is 0 Å². The van der Waals surface area contributed by atoms with Crippen molar-refractivity contribution >= 4 is 5.91 Å². The molecule has 3 rings (SSSR count). The molecule has 2 aromatic rings. The first kappa shape index (κ1) is 16.2. The third-order valence-electron chi connectivity index (χ3n) is 3.52. The van der Waals surface area contributed by atoms with Crippen LogP contribution in [-0.4, -0.2) is 58.7 Å². The summed E-state index contributed by atoms with van der Waals surface area (Å²) >= 11 is 0. The number of aromatic nitrogens is 4. The Labute approximate surface area is 138 Å². The third kappa shape index (κ3) is 3.32. The summed E-state index contributed by atoms with van der Waals surface area (Å²) in [6, 6.07) is 5.00. The Kier molecular flexibility index (Phi) is 4.65. The fraction of sp³-hybridized carbons (Fsp3) is 0.333. The molecular formula is C15H17N5O4. The highest BCUT2D eigenvalue weighted by atomic mass is 16.8. The van der Waals surface area contributed by atoms with E-state index in [9.17, 15) is 4.79 Å². The quantitative estimate of drug-likeness (QED) is 0.760. The fourth-order valence-electron chi connectivity index (χ4n) is 2.18. The van der Waals surface area contributed by atoms with Gasteiger partial charge in [-0.05, 0) is 30.4 Å². The van der Waals surface area contributed by atoms with E-state index in [1.165, 1.54) is 14.2 Å². The monoisotopic (exact) mass is 331 g/mol. The zero-order chi connectivity index (χ0) is 17.0. The number of rotatable bonds is 6. The molecule has 0 spiro atoms. The Hall–Kier alpha value is -2.62. The van der Waals surface area contributed by atoms with Crippen molar-refractivity contribution in [3.63, 3.8) is 0 Å². The number of carbonyl (C=O) groups is 1. The summed E-state index contributed by atoms with van der Waals surface area (Å²) in [5, 5.41) is 14.6. The van der Waals surface area contributed by atoms with E-state index < -0.39 is 12.1 Å². The van der Waals surface area contributed by atoms with Crippen LogP contribution in [0.1, 0.15) is 10.5 Å². The molecule has 9 heteroatoms. The third-order valence-corrected chi connectivity index (χ3v) is 3.52. The first-order valence-electron chi connectivity index (χ1n) is 7.23. The van der Waals surface area contributed by atoms with Gasteiger partial charge >= 0.3 is 0 Å². The smallest absolute Gasteiger partial charge is 0.272 e. The maximum Gasteiger partial charge on any atom is 0.272 e. The van der Waals surface area contributed by atoms with E-state index in [4.69, 9.17) is 14.2 Å². The van der Waals surface area contributed by atoms with Crippen LogP contribution < -0.4 is 5.32 Å². The summed E-state index contributed by atoms with van der Waals surface area (Å²) in [4.78, 5) is 12.2. The van der Waals surface area contributed by atoms with Crippen molar-refractivity contribution in [3.8, 4) is 5.82 Å². The molecule has 1 N–H and O–H groups in total. The van der Waals surface area contributed by atoms with Crippen molar-refractivity contribution in [2.75, 3.05) is 20.8 Å².